The summed E-state index contributed by atoms with van der Waals surface area (Å²) in [5, 5.41) is 2.49. The number of rotatable bonds is 4. The van der Waals surface area contributed by atoms with Crippen molar-refractivity contribution < 1.29 is 4.74 Å². The van der Waals surface area contributed by atoms with Crippen LogP contribution < -0.4 is 10.5 Å². The molecule has 22 heavy (non-hydrogen) atoms. The van der Waals surface area contributed by atoms with Gasteiger partial charge in [-0.15, -0.1) is 12.4 Å². The van der Waals surface area contributed by atoms with Gasteiger partial charge in [-0.25, -0.2) is 0 Å². The number of methoxy groups -OCH3 is 1. The Bertz CT molecular complexity index is 632. The van der Waals surface area contributed by atoms with Gasteiger partial charge in [0.1, 0.15) is 5.75 Å². The highest BCUT2D eigenvalue weighted by Gasteiger charge is 2.28. The molecule has 2 atom stereocenters. The zero-order valence-corrected chi connectivity index (χ0v) is 14.1. The largest absolute Gasteiger partial charge is 0.496 e. The lowest BCUT2D eigenvalue weighted by Gasteiger charge is -2.22. The van der Waals surface area contributed by atoms with Crippen LogP contribution >= 0.6 is 12.4 Å². The molecule has 0 saturated carbocycles. The van der Waals surface area contributed by atoms with E-state index in [1.807, 2.05) is 0 Å². The Kier molecular flexibility index (Phi) is 5.68. The highest BCUT2D eigenvalue weighted by Crippen LogP contribution is 2.31. The molecule has 4 heteroatoms. The van der Waals surface area contributed by atoms with E-state index in [1.54, 1.807) is 7.11 Å². The van der Waals surface area contributed by atoms with Crippen molar-refractivity contribution in [1.29, 1.82) is 0 Å². The van der Waals surface area contributed by atoms with Gasteiger partial charge in [-0.3, -0.25) is 4.90 Å². The summed E-state index contributed by atoms with van der Waals surface area (Å²) in [6.07, 6.45) is 1.21. The summed E-state index contributed by atoms with van der Waals surface area (Å²) in [5.74, 6) is 1.59. The SMILES string of the molecule is COc1ccc(CN2CC(CN)CC2C)c2ccccc12.Cl. The van der Waals surface area contributed by atoms with Crippen molar-refractivity contribution in [2.24, 2.45) is 11.7 Å². The maximum Gasteiger partial charge on any atom is 0.126 e. The number of fused-ring (bicyclic) bond motifs is 1. The Morgan fingerprint density at radius 1 is 1.18 bits per heavy atom. The molecule has 0 radical (unpaired) electrons. The molecule has 0 bridgehead atoms. The Morgan fingerprint density at radius 3 is 2.55 bits per heavy atom. The first kappa shape index (κ1) is 17.1. The molecule has 1 heterocycles. The summed E-state index contributed by atoms with van der Waals surface area (Å²) in [5.41, 5.74) is 7.21. The van der Waals surface area contributed by atoms with Crippen LogP contribution in [-0.2, 0) is 6.54 Å². The average Bonchev–Trinajstić information content (AvgIpc) is 2.88. The van der Waals surface area contributed by atoms with E-state index in [-0.39, 0.29) is 12.4 Å². The molecule has 1 saturated heterocycles. The molecular weight excluding hydrogens is 296 g/mol. The summed E-state index contributed by atoms with van der Waals surface area (Å²) >= 11 is 0. The molecule has 0 spiro atoms. The number of hydrogen-bond donors (Lipinski definition) is 1. The van der Waals surface area contributed by atoms with Crippen molar-refractivity contribution in [2.75, 3.05) is 20.2 Å². The van der Waals surface area contributed by atoms with Crippen molar-refractivity contribution >= 4 is 23.2 Å². The molecule has 3 rings (SSSR count). The molecule has 2 unspecified atom stereocenters. The predicted molar refractivity (Wildman–Crippen MR) is 94.8 cm³/mol. The molecule has 1 aliphatic heterocycles. The summed E-state index contributed by atoms with van der Waals surface area (Å²) in [7, 11) is 1.73. The molecule has 1 aliphatic rings. The van der Waals surface area contributed by atoms with Crippen LogP contribution in [0.3, 0.4) is 0 Å². The van der Waals surface area contributed by atoms with Crippen molar-refractivity contribution in [2.45, 2.75) is 25.9 Å². The standard InChI is InChI=1S/C18H24N2O.ClH/c1-13-9-14(10-19)11-20(13)12-15-7-8-18(21-2)17-6-4-3-5-16(15)17;/h3-8,13-14H,9-12,19H2,1-2H3;1H. The van der Waals surface area contributed by atoms with Crippen molar-refractivity contribution in [3.8, 4) is 5.75 Å². The highest BCUT2D eigenvalue weighted by molar-refractivity contribution is 5.91. The quantitative estimate of drug-likeness (QED) is 0.938. The fraction of sp³-hybridized carbons (Fsp3) is 0.444. The van der Waals surface area contributed by atoms with Gasteiger partial charge in [0.05, 0.1) is 7.11 Å². The number of benzene rings is 2. The van der Waals surface area contributed by atoms with Gasteiger partial charge in [-0.05, 0) is 42.8 Å². The first-order valence-corrected chi connectivity index (χ1v) is 7.71. The second-order valence-corrected chi connectivity index (χ2v) is 6.09. The van der Waals surface area contributed by atoms with E-state index in [2.05, 4.69) is 48.2 Å². The van der Waals surface area contributed by atoms with E-state index < -0.39 is 0 Å². The van der Waals surface area contributed by atoms with Gasteiger partial charge >= 0.3 is 0 Å². The summed E-state index contributed by atoms with van der Waals surface area (Å²) in [6.45, 7) is 5.20. The lowest BCUT2D eigenvalue weighted by Crippen LogP contribution is -2.27. The fourth-order valence-electron chi connectivity index (χ4n) is 3.48. The monoisotopic (exact) mass is 320 g/mol. The Morgan fingerprint density at radius 2 is 1.91 bits per heavy atom. The number of ether oxygens (including phenoxy) is 1. The molecule has 0 aromatic heterocycles. The number of nitrogens with zero attached hydrogens (tertiary/aromatic N) is 1. The van der Waals surface area contributed by atoms with Crippen LogP contribution in [0.1, 0.15) is 18.9 Å². The second kappa shape index (κ2) is 7.32. The van der Waals surface area contributed by atoms with Crippen LogP contribution in [0.4, 0.5) is 0 Å². The van der Waals surface area contributed by atoms with Gasteiger partial charge in [-0.1, -0.05) is 30.3 Å². The van der Waals surface area contributed by atoms with Crippen LogP contribution in [0.15, 0.2) is 36.4 Å². The minimum atomic E-state index is 0. The van der Waals surface area contributed by atoms with E-state index in [9.17, 15) is 0 Å². The molecule has 2 aromatic rings. The molecule has 0 amide bonds. The second-order valence-electron chi connectivity index (χ2n) is 6.09. The Labute approximate surface area is 138 Å². The van der Waals surface area contributed by atoms with Gasteiger partial charge < -0.3 is 10.5 Å². The van der Waals surface area contributed by atoms with E-state index in [1.165, 1.54) is 22.8 Å². The van der Waals surface area contributed by atoms with E-state index >= 15 is 0 Å². The van der Waals surface area contributed by atoms with Crippen LogP contribution in [0.25, 0.3) is 10.8 Å². The average molecular weight is 321 g/mol. The Balaban J connectivity index is 0.00000176. The van der Waals surface area contributed by atoms with Gasteiger partial charge in [0.2, 0.25) is 0 Å². The van der Waals surface area contributed by atoms with Crippen molar-refractivity contribution in [3.63, 3.8) is 0 Å². The van der Waals surface area contributed by atoms with Gasteiger partial charge in [0.25, 0.3) is 0 Å². The first-order chi connectivity index (χ1) is 10.2. The van der Waals surface area contributed by atoms with E-state index in [0.29, 0.717) is 12.0 Å². The van der Waals surface area contributed by atoms with Crippen molar-refractivity contribution in [1.82, 2.24) is 4.90 Å². The molecule has 2 aromatic carbocycles. The summed E-state index contributed by atoms with van der Waals surface area (Å²) in [4.78, 5) is 2.55. The van der Waals surface area contributed by atoms with Gasteiger partial charge in [0.15, 0.2) is 0 Å². The topological polar surface area (TPSA) is 38.5 Å². The number of likely N-dealkylation sites (tertiary alicyclic amines) is 1. The van der Waals surface area contributed by atoms with Crippen LogP contribution in [0, 0.1) is 5.92 Å². The minimum absolute atomic E-state index is 0. The van der Waals surface area contributed by atoms with Crippen molar-refractivity contribution in [3.05, 3.63) is 42.0 Å². The van der Waals surface area contributed by atoms with Gasteiger partial charge in [-0.2, -0.15) is 0 Å². The van der Waals surface area contributed by atoms with Crippen LogP contribution in [-0.4, -0.2) is 31.1 Å². The first-order valence-electron chi connectivity index (χ1n) is 7.71. The summed E-state index contributed by atoms with van der Waals surface area (Å²) < 4.78 is 5.48. The maximum absolute atomic E-state index is 5.84. The summed E-state index contributed by atoms with van der Waals surface area (Å²) in [6, 6.07) is 13.4. The third kappa shape index (κ3) is 3.22. The highest BCUT2D eigenvalue weighted by atomic mass is 35.5. The fourth-order valence-corrected chi connectivity index (χ4v) is 3.48. The van der Waals surface area contributed by atoms with Crippen LogP contribution in [0.5, 0.6) is 5.75 Å². The molecule has 2 N–H and O–H groups in total. The number of hydrogen-bond acceptors (Lipinski definition) is 3. The maximum atomic E-state index is 5.84. The smallest absolute Gasteiger partial charge is 0.126 e. The zero-order chi connectivity index (χ0) is 14.8. The van der Waals surface area contributed by atoms with Gasteiger partial charge in [0, 0.05) is 24.5 Å². The molecule has 1 fully saturated rings. The van der Waals surface area contributed by atoms with E-state index in [0.717, 1.165) is 25.4 Å². The number of halogens is 1. The third-order valence-electron chi connectivity index (χ3n) is 4.69. The normalized spacial score (nSPS) is 21.8. The van der Waals surface area contributed by atoms with Crippen LogP contribution in [0.2, 0.25) is 0 Å². The molecule has 0 aliphatic carbocycles. The molecule has 3 nitrogen and oxygen atoms in total. The Hall–Kier alpha value is -1.29. The zero-order valence-electron chi connectivity index (χ0n) is 13.3. The number of nitrogens with two attached hydrogens (primary N) is 1. The third-order valence-corrected chi connectivity index (χ3v) is 4.69. The molecule has 120 valence electrons. The lowest BCUT2D eigenvalue weighted by molar-refractivity contribution is 0.257. The minimum Gasteiger partial charge on any atom is -0.496 e. The lowest BCUT2D eigenvalue weighted by atomic mass is 10.0. The van der Waals surface area contributed by atoms with E-state index in [4.69, 9.17) is 10.5 Å². The molecular formula is C18H25ClN2O. The predicted octanol–water partition coefficient (Wildman–Crippen LogP) is 3.44.